The third kappa shape index (κ3) is 3.77. The summed E-state index contributed by atoms with van der Waals surface area (Å²) in [4.78, 5) is 23.2. The summed E-state index contributed by atoms with van der Waals surface area (Å²) in [6.07, 6.45) is 0.655. The molecule has 0 fully saturated rings. The summed E-state index contributed by atoms with van der Waals surface area (Å²) in [6, 6.07) is 6.35. The molecular formula is C14H20N2O4. The van der Waals surface area contributed by atoms with E-state index in [1.165, 1.54) is 12.1 Å². The predicted octanol–water partition coefficient (Wildman–Crippen LogP) is 2.32. The summed E-state index contributed by atoms with van der Waals surface area (Å²) in [6.45, 7) is 6.49. The van der Waals surface area contributed by atoms with Gasteiger partial charge in [-0.2, -0.15) is 0 Å². The molecule has 0 atom stereocenters. The molecule has 1 aromatic rings. The molecule has 0 aliphatic heterocycles. The van der Waals surface area contributed by atoms with Gasteiger partial charge in [0.05, 0.1) is 4.92 Å². The van der Waals surface area contributed by atoms with Gasteiger partial charge in [-0.25, -0.2) is 0 Å². The van der Waals surface area contributed by atoms with Crippen LogP contribution in [-0.4, -0.2) is 39.5 Å². The maximum Gasteiger partial charge on any atom is 0.323 e. The molecule has 0 bridgehead atoms. The molecule has 20 heavy (non-hydrogen) atoms. The van der Waals surface area contributed by atoms with Gasteiger partial charge in [0, 0.05) is 18.7 Å². The molecule has 1 aromatic carbocycles. The van der Waals surface area contributed by atoms with Gasteiger partial charge in [0.2, 0.25) is 0 Å². The van der Waals surface area contributed by atoms with Gasteiger partial charge in [0.1, 0.15) is 5.54 Å². The maximum atomic E-state index is 11.2. The maximum absolute atomic E-state index is 11.2. The van der Waals surface area contributed by atoms with Gasteiger partial charge in [-0.1, -0.05) is 19.1 Å². The van der Waals surface area contributed by atoms with Crippen molar-refractivity contribution >= 4 is 11.7 Å². The van der Waals surface area contributed by atoms with E-state index in [4.69, 9.17) is 0 Å². The van der Waals surface area contributed by atoms with Crippen molar-refractivity contribution in [2.75, 3.05) is 13.1 Å². The lowest BCUT2D eigenvalue weighted by Gasteiger charge is -2.34. The second-order valence-electron chi connectivity index (χ2n) is 5.12. The van der Waals surface area contributed by atoms with Crippen molar-refractivity contribution in [3.63, 3.8) is 0 Å². The number of nitrogens with zero attached hydrogens (tertiary/aromatic N) is 2. The lowest BCUT2D eigenvalue weighted by Crippen LogP contribution is -2.50. The van der Waals surface area contributed by atoms with Crippen LogP contribution >= 0.6 is 0 Å². The quantitative estimate of drug-likeness (QED) is 0.612. The summed E-state index contributed by atoms with van der Waals surface area (Å²) >= 11 is 0. The number of rotatable bonds is 7. The highest BCUT2D eigenvalue weighted by Gasteiger charge is 2.33. The first-order chi connectivity index (χ1) is 9.28. The predicted molar refractivity (Wildman–Crippen MR) is 75.8 cm³/mol. The number of nitro benzene ring substituents is 1. The molecule has 0 heterocycles. The Hall–Kier alpha value is -1.95. The van der Waals surface area contributed by atoms with E-state index in [9.17, 15) is 20.0 Å². The minimum atomic E-state index is -0.921. The molecule has 1 rings (SSSR count). The number of nitro groups is 1. The second-order valence-corrected chi connectivity index (χ2v) is 5.12. The zero-order chi connectivity index (χ0) is 15.3. The summed E-state index contributed by atoms with van der Waals surface area (Å²) in [5, 5.41) is 19.8. The molecule has 6 heteroatoms. The largest absolute Gasteiger partial charge is 0.480 e. The van der Waals surface area contributed by atoms with Gasteiger partial charge in [0.25, 0.3) is 5.69 Å². The molecule has 0 spiro atoms. The van der Waals surface area contributed by atoms with Crippen LogP contribution < -0.4 is 0 Å². The average molecular weight is 280 g/mol. The van der Waals surface area contributed by atoms with Crippen molar-refractivity contribution in [3.8, 4) is 0 Å². The highest BCUT2D eigenvalue weighted by Crippen LogP contribution is 2.17. The minimum absolute atomic E-state index is 0.0620. The van der Waals surface area contributed by atoms with Gasteiger partial charge < -0.3 is 5.11 Å². The Morgan fingerprint density at radius 3 is 2.30 bits per heavy atom. The highest BCUT2D eigenvalue weighted by atomic mass is 16.6. The van der Waals surface area contributed by atoms with E-state index in [0.29, 0.717) is 19.5 Å². The molecule has 0 radical (unpaired) electrons. The lowest BCUT2D eigenvalue weighted by atomic mass is 10.0. The number of hydrogen-bond acceptors (Lipinski definition) is 4. The number of non-ortho nitro benzene ring substituents is 1. The van der Waals surface area contributed by atoms with E-state index in [0.717, 1.165) is 5.56 Å². The first kappa shape index (κ1) is 16.1. The molecule has 0 unspecified atom stereocenters. The van der Waals surface area contributed by atoms with E-state index < -0.39 is 16.4 Å². The number of benzene rings is 1. The Labute approximate surface area is 118 Å². The van der Waals surface area contributed by atoms with Gasteiger partial charge >= 0.3 is 5.97 Å². The smallest absolute Gasteiger partial charge is 0.323 e. The zero-order valence-electron chi connectivity index (χ0n) is 12.0. The normalized spacial score (nSPS) is 11.6. The second kappa shape index (κ2) is 6.47. The van der Waals surface area contributed by atoms with Gasteiger partial charge in [-0.3, -0.25) is 19.8 Å². The highest BCUT2D eigenvalue weighted by molar-refractivity contribution is 5.77. The molecule has 0 saturated carbocycles. The van der Waals surface area contributed by atoms with Crippen LogP contribution in [0.3, 0.4) is 0 Å². The van der Waals surface area contributed by atoms with Crippen LogP contribution in [0.25, 0.3) is 0 Å². The van der Waals surface area contributed by atoms with Crippen LogP contribution in [-0.2, 0) is 11.2 Å². The molecule has 0 aromatic heterocycles. The summed E-state index contributed by atoms with van der Waals surface area (Å²) < 4.78 is 0. The van der Waals surface area contributed by atoms with E-state index in [-0.39, 0.29) is 5.69 Å². The Morgan fingerprint density at radius 1 is 1.35 bits per heavy atom. The van der Waals surface area contributed by atoms with Crippen LogP contribution in [0.4, 0.5) is 5.69 Å². The topological polar surface area (TPSA) is 83.7 Å². The van der Waals surface area contributed by atoms with Gasteiger partial charge in [-0.15, -0.1) is 0 Å². The van der Waals surface area contributed by atoms with E-state index in [2.05, 4.69) is 0 Å². The fourth-order valence-corrected chi connectivity index (χ4v) is 2.02. The summed E-state index contributed by atoms with van der Waals surface area (Å²) in [5.41, 5.74) is 0.0948. The molecule has 0 aliphatic carbocycles. The van der Waals surface area contributed by atoms with Crippen LogP contribution in [0.1, 0.15) is 26.3 Å². The number of carbonyl (C=O) groups is 1. The van der Waals surface area contributed by atoms with E-state index >= 15 is 0 Å². The number of hydrogen-bond donors (Lipinski definition) is 1. The summed E-state index contributed by atoms with van der Waals surface area (Å²) in [7, 11) is 0. The SMILES string of the molecule is CCN(CCc1ccc([N+](=O)[O-])cc1)C(C)(C)C(=O)O. The Bertz CT molecular complexity index is 482. The van der Waals surface area contributed by atoms with Crippen LogP contribution in [0.2, 0.25) is 0 Å². The van der Waals surface area contributed by atoms with E-state index in [1.54, 1.807) is 26.0 Å². The molecule has 1 N–H and O–H groups in total. The lowest BCUT2D eigenvalue weighted by molar-refractivity contribution is -0.384. The number of carboxylic acid groups (broad SMARTS) is 1. The number of carboxylic acids is 1. The Morgan fingerprint density at radius 2 is 1.90 bits per heavy atom. The van der Waals surface area contributed by atoms with Crippen molar-refractivity contribution in [3.05, 3.63) is 39.9 Å². The monoisotopic (exact) mass is 280 g/mol. The van der Waals surface area contributed by atoms with Crippen LogP contribution in [0.5, 0.6) is 0 Å². The first-order valence-electron chi connectivity index (χ1n) is 6.50. The molecule has 0 saturated heterocycles. The molecule has 0 aliphatic rings. The van der Waals surface area contributed by atoms with Crippen molar-refractivity contribution < 1.29 is 14.8 Å². The molecule has 6 nitrogen and oxygen atoms in total. The fraction of sp³-hybridized carbons (Fsp3) is 0.500. The number of likely N-dealkylation sites (N-methyl/N-ethyl adjacent to an activating group) is 1. The van der Waals surface area contributed by atoms with Crippen molar-refractivity contribution in [1.29, 1.82) is 0 Å². The van der Waals surface area contributed by atoms with Crippen molar-refractivity contribution in [2.45, 2.75) is 32.7 Å². The van der Waals surface area contributed by atoms with Gasteiger partial charge in [-0.05, 0) is 32.4 Å². The average Bonchev–Trinajstić information content (AvgIpc) is 2.39. The van der Waals surface area contributed by atoms with Crippen LogP contribution in [0, 0.1) is 10.1 Å². The third-order valence-electron chi connectivity index (χ3n) is 3.51. The number of aliphatic carboxylic acids is 1. The minimum Gasteiger partial charge on any atom is -0.480 e. The zero-order valence-corrected chi connectivity index (χ0v) is 12.0. The fourth-order valence-electron chi connectivity index (χ4n) is 2.02. The van der Waals surface area contributed by atoms with Crippen molar-refractivity contribution in [2.24, 2.45) is 0 Å². The molecule has 0 amide bonds. The molecular weight excluding hydrogens is 260 g/mol. The first-order valence-corrected chi connectivity index (χ1v) is 6.50. The Kier molecular flexibility index (Phi) is 5.21. The van der Waals surface area contributed by atoms with Gasteiger partial charge in [0.15, 0.2) is 0 Å². The standard InChI is InChI=1S/C14H20N2O4/c1-4-15(14(2,3)13(17)18)10-9-11-5-7-12(8-6-11)16(19)20/h5-8H,4,9-10H2,1-3H3,(H,17,18). The van der Waals surface area contributed by atoms with Crippen molar-refractivity contribution in [1.82, 2.24) is 4.90 Å². The summed E-state index contributed by atoms with van der Waals surface area (Å²) in [5.74, 6) is -0.858. The van der Waals surface area contributed by atoms with E-state index in [1.807, 2.05) is 11.8 Å². The Balaban J connectivity index is 2.69. The van der Waals surface area contributed by atoms with Crippen LogP contribution in [0.15, 0.2) is 24.3 Å². The third-order valence-corrected chi connectivity index (χ3v) is 3.51. The molecule has 110 valence electrons.